The molecule has 0 unspecified atom stereocenters. The lowest BCUT2D eigenvalue weighted by atomic mass is 9.95. The van der Waals surface area contributed by atoms with Gasteiger partial charge in [0.1, 0.15) is 0 Å². The van der Waals surface area contributed by atoms with Crippen LogP contribution in [0.1, 0.15) is 0 Å². The Morgan fingerprint density at radius 2 is 0.930 bits per heavy atom. The van der Waals surface area contributed by atoms with Crippen LogP contribution in [0.15, 0.2) is 200 Å². The van der Waals surface area contributed by atoms with Crippen molar-refractivity contribution in [1.29, 1.82) is 0 Å². The molecule has 11 aromatic rings. The molecule has 0 aliphatic heterocycles. The van der Waals surface area contributed by atoms with E-state index < -0.39 is 0 Å². The molecule has 0 saturated heterocycles. The monoisotopic (exact) mass is 727 g/mol. The number of rotatable bonds is 6. The van der Waals surface area contributed by atoms with Crippen molar-refractivity contribution in [2.75, 3.05) is 0 Å². The molecule has 266 valence electrons. The molecular weight excluding hydrogens is 695 g/mol. The van der Waals surface area contributed by atoms with Gasteiger partial charge < -0.3 is 4.57 Å². The van der Waals surface area contributed by atoms with Gasteiger partial charge in [-0.2, -0.15) is 0 Å². The van der Waals surface area contributed by atoms with Gasteiger partial charge >= 0.3 is 0 Å². The van der Waals surface area contributed by atoms with Crippen molar-refractivity contribution in [2.24, 2.45) is 0 Å². The van der Waals surface area contributed by atoms with Crippen LogP contribution < -0.4 is 0 Å². The zero-order valence-corrected chi connectivity index (χ0v) is 30.8. The van der Waals surface area contributed by atoms with Crippen LogP contribution in [-0.4, -0.2) is 24.5 Å². The van der Waals surface area contributed by atoms with Gasteiger partial charge in [-0.05, 0) is 107 Å². The average molecular weight is 728 g/mol. The molecule has 0 amide bonds. The third kappa shape index (κ3) is 5.72. The fraction of sp³-hybridized carbons (Fsp3) is 0. The van der Waals surface area contributed by atoms with Crippen LogP contribution in [0, 0.1) is 0 Å². The third-order valence-electron chi connectivity index (χ3n) is 10.9. The van der Waals surface area contributed by atoms with Crippen molar-refractivity contribution in [3.05, 3.63) is 200 Å². The van der Waals surface area contributed by atoms with Crippen LogP contribution in [0.5, 0.6) is 0 Å². The summed E-state index contributed by atoms with van der Waals surface area (Å²) >= 11 is 0. The molecule has 6 aromatic carbocycles. The van der Waals surface area contributed by atoms with Crippen molar-refractivity contribution in [2.45, 2.75) is 0 Å². The highest BCUT2D eigenvalue weighted by Gasteiger charge is 2.18. The average Bonchev–Trinajstić information content (AvgIpc) is 3.62. The van der Waals surface area contributed by atoms with E-state index >= 15 is 0 Å². The van der Waals surface area contributed by atoms with Crippen LogP contribution >= 0.6 is 0 Å². The Morgan fingerprint density at radius 1 is 0.316 bits per heavy atom. The number of para-hydroxylation sites is 2. The maximum absolute atomic E-state index is 5.36. The first-order chi connectivity index (χ1) is 28.2. The predicted molar refractivity (Wildman–Crippen MR) is 234 cm³/mol. The molecule has 0 spiro atoms. The van der Waals surface area contributed by atoms with Crippen molar-refractivity contribution in [1.82, 2.24) is 24.5 Å². The molecule has 5 heterocycles. The summed E-state index contributed by atoms with van der Waals surface area (Å²) in [6.45, 7) is 0. The maximum atomic E-state index is 5.36. The van der Waals surface area contributed by atoms with Gasteiger partial charge in [0.2, 0.25) is 0 Å². The zero-order chi connectivity index (χ0) is 37.7. The van der Waals surface area contributed by atoms with E-state index in [1.54, 1.807) is 12.4 Å². The van der Waals surface area contributed by atoms with Crippen LogP contribution in [0.4, 0.5) is 0 Å². The normalized spacial score (nSPS) is 11.5. The number of benzene rings is 6. The summed E-state index contributed by atoms with van der Waals surface area (Å²) in [4.78, 5) is 19.5. The van der Waals surface area contributed by atoms with Gasteiger partial charge in [0, 0.05) is 45.2 Å². The van der Waals surface area contributed by atoms with E-state index in [1.165, 1.54) is 27.2 Å². The molecule has 57 heavy (non-hydrogen) atoms. The van der Waals surface area contributed by atoms with Crippen LogP contribution in [0.2, 0.25) is 0 Å². The SMILES string of the molecule is c1ccc(-c2nc3ccc(-c4ccc(-c5cc(-c6ccccn6)nc(-c6ccccn6)c5)cc4)cc3c3cc4c(cc23)c2ccccc2n4-c2ccccc2)cc1. The lowest BCUT2D eigenvalue weighted by Crippen LogP contribution is -1.94. The fourth-order valence-electron chi connectivity index (χ4n) is 8.16. The second-order valence-corrected chi connectivity index (χ2v) is 14.3. The molecule has 0 atom stereocenters. The molecule has 5 heteroatoms. The summed E-state index contributed by atoms with van der Waals surface area (Å²) in [5.74, 6) is 0. The number of nitrogens with zero attached hydrogens (tertiary/aromatic N) is 5. The molecule has 0 aliphatic rings. The van der Waals surface area contributed by atoms with E-state index in [-0.39, 0.29) is 0 Å². The first-order valence-electron chi connectivity index (χ1n) is 19.1. The first-order valence-corrected chi connectivity index (χ1v) is 19.1. The molecule has 0 radical (unpaired) electrons. The number of pyridine rings is 4. The number of hydrogen-bond donors (Lipinski definition) is 0. The Bertz CT molecular complexity index is 3190. The van der Waals surface area contributed by atoms with Gasteiger partial charge in [0.15, 0.2) is 0 Å². The van der Waals surface area contributed by atoms with E-state index in [9.17, 15) is 0 Å². The van der Waals surface area contributed by atoms with Crippen molar-refractivity contribution in [3.63, 3.8) is 0 Å². The molecule has 0 N–H and O–H groups in total. The second kappa shape index (κ2) is 13.5. The molecule has 0 saturated carbocycles. The summed E-state index contributed by atoms with van der Waals surface area (Å²) in [5.41, 5.74) is 14.2. The highest BCUT2D eigenvalue weighted by molar-refractivity contribution is 6.20. The van der Waals surface area contributed by atoms with E-state index in [1.807, 2.05) is 36.4 Å². The Hall–Kier alpha value is -7.76. The number of hydrogen-bond acceptors (Lipinski definition) is 4. The molecule has 11 rings (SSSR count). The molecule has 5 aromatic heterocycles. The molecule has 5 nitrogen and oxygen atoms in total. The lowest BCUT2D eigenvalue weighted by molar-refractivity contribution is 1.18. The maximum Gasteiger partial charge on any atom is 0.0900 e. The standard InChI is InChI=1S/C52H33N5/c1-3-13-36(14-4-1)52-44-32-43-40-17-7-8-20-50(40)57(39-15-5-2-6-16-39)51(43)33-41(44)42-29-37(25-26-45(42)56-52)34-21-23-35(24-22-34)38-30-48(46-18-9-11-27-53-46)55-49(31-38)47-19-10-12-28-54-47/h1-33H. The van der Waals surface area contributed by atoms with Gasteiger partial charge in [-0.25, -0.2) is 9.97 Å². The third-order valence-corrected chi connectivity index (χ3v) is 10.9. The van der Waals surface area contributed by atoms with Crippen molar-refractivity contribution < 1.29 is 0 Å². The minimum atomic E-state index is 0.807. The topological polar surface area (TPSA) is 56.5 Å². The minimum Gasteiger partial charge on any atom is -0.309 e. The molecule has 0 aliphatic carbocycles. The van der Waals surface area contributed by atoms with Crippen LogP contribution in [0.25, 0.3) is 105 Å². The summed E-state index contributed by atoms with van der Waals surface area (Å²) < 4.78 is 2.39. The summed E-state index contributed by atoms with van der Waals surface area (Å²) in [6.07, 6.45) is 3.60. The summed E-state index contributed by atoms with van der Waals surface area (Å²) in [6, 6.07) is 66.1. The zero-order valence-electron chi connectivity index (χ0n) is 30.8. The molecule has 0 fully saturated rings. The van der Waals surface area contributed by atoms with Gasteiger partial charge in [0.05, 0.1) is 45.0 Å². The predicted octanol–water partition coefficient (Wildman–Crippen LogP) is 13.0. The highest BCUT2D eigenvalue weighted by atomic mass is 15.0. The molecular formula is C52H33N5. The van der Waals surface area contributed by atoms with Crippen LogP contribution in [-0.2, 0) is 0 Å². The van der Waals surface area contributed by atoms with Gasteiger partial charge in [-0.1, -0.05) is 109 Å². The van der Waals surface area contributed by atoms with Gasteiger partial charge in [-0.3, -0.25) is 9.97 Å². The van der Waals surface area contributed by atoms with Crippen molar-refractivity contribution in [3.8, 4) is 62.0 Å². The Balaban J connectivity index is 1.08. The quantitative estimate of drug-likeness (QED) is 0.160. The Morgan fingerprint density at radius 3 is 1.61 bits per heavy atom. The summed E-state index contributed by atoms with van der Waals surface area (Å²) in [5, 5.41) is 5.85. The minimum absolute atomic E-state index is 0.807. The molecule has 0 bridgehead atoms. The van der Waals surface area contributed by atoms with E-state index in [2.05, 4.69) is 166 Å². The first kappa shape index (κ1) is 32.7. The number of aromatic nitrogens is 5. The summed E-state index contributed by atoms with van der Waals surface area (Å²) in [7, 11) is 0. The van der Waals surface area contributed by atoms with Crippen molar-refractivity contribution >= 4 is 43.5 Å². The fourth-order valence-corrected chi connectivity index (χ4v) is 8.16. The van der Waals surface area contributed by atoms with Crippen LogP contribution in [0.3, 0.4) is 0 Å². The Kier molecular flexibility index (Phi) is 7.74. The van der Waals surface area contributed by atoms with E-state index in [0.29, 0.717) is 0 Å². The van der Waals surface area contributed by atoms with E-state index in [0.717, 1.165) is 78.3 Å². The largest absolute Gasteiger partial charge is 0.309 e. The highest BCUT2D eigenvalue weighted by Crippen LogP contribution is 2.41. The smallest absolute Gasteiger partial charge is 0.0900 e. The lowest BCUT2D eigenvalue weighted by Gasteiger charge is -2.14. The number of fused-ring (bicyclic) bond motifs is 6. The van der Waals surface area contributed by atoms with Gasteiger partial charge in [0.25, 0.3) is 0 Å². The van der Waals surface area contributed by atoms with E-state index in [4.69, 9.17) is 9.97 Å². The van der Waals surface area contributed by atoms with Gasteiger partial charge in [-0.15, -0.1) is 0 Å². The Labute approximate surface area is 329 Å². The second-order valence-electron chi connectivity index (χ2n) is 14.3.